The molecule has 0 bridgehead atoms. The van der Waals surface area contributed by atoms with Gasteiger partial charge < -0.3 is 24.4 Å². The first-order valence-corrected chi connectivity index (χ1v) is 13.8. The minimum atomic E-state index is -3.51. The Morgan fingerprint density at radius 2 is 1.70 bits per heavy atom. The molecule has 200 valence electrons. The first kappa shape index (κ1) is 26.7. The largest absolute Gasteiger partial charge is 0.495 e. The van der Waals surface area contributed by atoms with Gasteiger partial charge in [-0.05, 0) is 48.2 Å². The molecule has 2 aromatic carbocycles. The van der Waals surface area contributed by atoms with Crippen LogP contribution < -0.4 is 24.4 Å². The number of anilines is 1. The third kappa shape index (κ3) is 5.83. The number of ether oxygens (including phenoxy) is 3. The highest BCUT2D eigenvalue weighted by Crippen LogP contribution is 2.34. The first-order chi connectivity index (χ1) is 17.8. The minimum Gasteiger partial charge on any atom is -0.495 e. The van der Waals surface area contributed by atoms with E-state index in [0.29, 0.717) is 35.9 Å². The van der Waals surface area contributed by atoms with Gasteiger partial charge >= 0.3 is 0 Å². The zero-order chi connectivity index (χ0) is 26.6. The van der Waals surface area contributed by atoms with E-state index in [4.69, 9.17) is 14.2 Å². The number of carbonyl (C=O) groups excluding carboxylic acids is 2. The first-order valence-electron chi connectivity index (χ1n) is 12.2. The number of sulfonamides is 1. The fourth-order valence-corrected chi connectivity index (χ4v) is 6.28. The topological polar surface area (TPSA) is 114 Å². The molecule has 10 nitrogen and oxygen atoms in total. The van der Waals surface area contributed by atoms with E-state index in [1.54, 1.807) is 31.3 Å². The van der Waals surface area contributed by atoms with Gasteiger partial charge in [-0.1, -0.05) is 12.1 Å². The number of hydrogen-bond acceptors (Lipinski definition) is 7. The molecule has 2 aromatic rings. The van der Waals surface area contributed by atoms with Crippen LogP contribution in [0.4, 0.5) is 5.69 Å². The lowest BCUT2D eigenvalue weighted by molar-refractivity contribution is -0.126. The van der Waals surface area contributed by atoms with Crippen molar-refractivity contribution in [2.75, 3.05) is 51.6 Å². The Morgan fingerprint density at radius 3 is 2.41 bits per heavy atom. The summed E-state index contributed by atoms with van der Waals surface area (Å²) in [5.41, 5.74) is 2.58. The van der Waals surface area contributed by atoms with Gasteiger partial charge in [-0.15, -0.1) is 0 Å². The molecule has 1 N–H and O–H groups in total. The molecule has 0 radical (unpaired) electrons. The molecular weight excluding hydrogens is 498 g/mol. The summed E-state index contributed by atoms with van der Waals surface area (Å²) >= 11 is 0. The monoisotopic (exact) mass is 531 g/mol. The average molecular weight is 532 g/mol. The van der Waals surface area contributed by atoms with E-state index in [9.17, 15) is 18.0 Å². The molecule has 0 spiro atoms. The van der Waals surface area contributed by atoms with Gasteiger partial charge in [-0.2, -0.15) is 4.31 Å². The van der Waals surface area contributed by atoms with E-state index in [1.165, 1.54) is 11.4 Å². The van der Waals surface area contributed by atoms with Gasteiger partial charge in [0.2, 0.25) is 21.8 Å². The minimum absolute atomic E-state index is 0.0765. The number of hydrogen-bond donors (Lipinski definition) is 1. The van der Waals surface area contributed by atoms with Crippen molar-refractivity contribution >= 4 is 27.5 Å². The number of rotatable bonds is 10. The maximum absolute atomic E-state index is 13.0. The van der Waals surface area contributed by atoms with Crippen molar-refractivity contribution in [3.8, 4) is 17.2 Å². The molecular formula is C26H33N3O7S. The van der Waals surface area contributed by atoms with Crippen LogP contribution in [0.25, 0.3) is 0 Å². The molecule has 0 aromatic heterocycles. The molecule has 0 saturated carbocycles. The third-order valence-electron chi connectivity index (χ3n) is 6.83. The molecule has 2 aliphatic rings. The highest BCUT2D eigenvalue weighted by Gasteiger charge is 2.36. The Morgan fingerprint density at radius 1 is 1.03 bits per heavy atom. The molecule has 2 heterocycles. The van der Waals surface area contributed by atoms with Crippen molar-refractivity contribution in [1.29, 1.82) is 0 Å². The van der Waals surface area contributed by atoms with Gasteiger partial charge in [0.25, 0.3) is 0 Å². The second kappa shape index (κ2) is 11.4. The van der Waals surface area contributed by atoms with Crippen molar-refractivity contribution in [2.24, 2.45) is 5.92 Å². The lowest BCUT2D eigenvalue weighted by Gasteiger charge is -2.29. The van der Waals surface area contributed by atoms with Gasteiger partial charge in [0.15, 0.2) is 11.5 Å². The van der Waals surface area contributed by atoms with E-state index in [1.807, 2.05) is 24.3 Å². The Balaban J connectivity index is 1.28. The molecule has 37 heavy (non-hydrogen) atoms. The zero-order valence-corrected chi connectivity index (χ0v) is 22.2. The number of amides is 2. The van der Waals surface area contributed by atoms with Crippen molar-refractivity contribution in [3.63, 3.8) is 0 Å². The predicted molar refractivity (Wildman–Crippen MR) is 139 cm³/mol. The Kier molecular flexibility index (Phi) is 8.23. The fraction of sp³-hybridized carbons (Fsp3) is 0.462. The summed E-state index contributed by atoms with van der Waals surface area (Å²) in [6.45, 7) is 1.13. The highest BCUT2D eigenvalue weighted by molar-refractivity contribution is 7.89. The number of nitrogens with zero attached hydrogens (tertiary/aromatic N) is 2. The zero-order valence-electron chi connectivity index (χ0n) is 21.4. The van der Waals surface area contributed by atoms with E-state index in [2.05, 4.69) is 5.32 Å². The van der Waals surface area contributed by atoms with Crippen LogP contribution in [0.5, 0.6) is 17.2 Å². The van der Waals surface area contributed by atoms with Gasteiger partial charge in [0, 0.05) is 32.6 Å². The van der Waals surface area contributed by atoms with Crippen LogP contribution in [0.1, 0.15) is 24.0 Å². The summed E-state index contributed by atoms with van der Waals surface area (Å²) in [7, 11) is 1.15. The van der Waals surface area contributed by atoms with Crippen molar-refractivity contribution in [2.45, 2.75) is 25.8 Å². The van der Waals surface area contributed by atoms with E-state index in [-0.39, 0.29) is 50.0 Å². The molecule has 1 fully saturated rings. The molecule has 2 aliphatic heterocycles. The second-order valence-electron chi connectivity index (χ2n) is 9.10. The van der Waals surface area contributed by atoms with Gasteiger partial charge in [-0.3, -0.25) is 9.59 Å². The third-order valence-corrected chi connectivity index (χ3v) is 8.73. The van der Waals surface area contributed by atoms with Gasteiger partial charge in [0.1, 0.15) is 5.75 Å². The number of para-hydroxylation sites is 2. The van der Waals surface area contributed by atoms with Crippen LogP contribution in [-0.4, -0.2) is 71.3 Å². The predicted octanol–water partition coefficient (Wildman–Crippen LogP) is 1.96. The number of benzene rings is 2. The summed E-state index contributed by atoms with van der Waals surface area (Å²) in [6.07, 6.45) is 0.966. The van der Waals surface area contributed by atoms with Crippen LogP contribution in [0, 0.1) is 5.92 Å². The number of methoxy groups -OCH3 is 3. The Bertz CT molecular complexity index is 1260. The van der Waals surface area contributed by atoms with Crippen LogP contribution in [-0.2, 0) is 32.6 Å². The van der Waals surface area contributed by atoms with E-state index in [0.717, 1.165) is 11.1 Å². The molecule has 0 aliphatic carbocycles. The standard InChI is InChI=1S/C26H33N3O7S/c1-34-22-8-5-4-7-21(22)29-17-20(15-25(29)30)26(31)27-10-6-12-37(32,33)28-11-9-18-13-23(35-2)24(36-3)14-19(18)16-28/h4-5,7-8,13-14,20H,6,9-12,15-17H2,1-3H3,(H,27,31). The summed E-state index contributed by atoms with van der Waals surface area (Å²) in [6, 6.07) is 10.9. The van der Waals surface area contributed by atoms with Crippen molar-refractivity contribution in [3.05, 3.63) is 47.5 Å². The lowest BCUT2D eigenvalue weighted by Crippen LogP contribution is -2.39. The van der Waals surface area contributed by atoms with Gasteiger partial charge in [-0.25, -0.2) is 8.42 Å². The SMILES string of the molecule is COc1cc2c(cc1OC)CN(S(=O)(=O)CCCNC(=O)C1CC(=O)N(c3ccccc3OC)C1)CC2. The maximum Gasteiger partial charge on any atom is 0.227 e. The molecule has 2 amide bonds. The smallest absolute Gasteiger partial charge is 0.227 e. The lowest BCUT2D eigenvalue weighted by atomic mass is 10.0. The van der Waals surface area contributed by atoms with Crippen LogP contribution in [0.2, 0.25) is 0 Å². The Labute approximate surface area is 217 Å². The summed E-state index contributed by atoms with van der Waals surface area (Å²) in [5.74, 6) is 0.788. The quantitative estimate of drug-likeness (QED) is 0.466. The summed E-state index contributed by atoms with van der Waals surface area (Å²) < 4.78 is 43.5. The molecule has 1 saturated heterocycles. The second-order valence-corrected chi connectivity index (χ2v) is 11.2. The molecule has 11 heteroatoms. The Hall–Kier alpha value is -3.31. The average Bonchev–Trinajstić information content (AvgIpc) is 3.31. The number of nitrogens with one attached hydrogen (secondary N) is 1. The van der Waals surface area contributed by atoms with Crippen molar-refractivity contribution in [1.82, 2.24) is 9.62 Å². The fourth-order valence-electron chi connectivity index (χ4n) is 4.80. The highest BCUT2D eigenvalue weighted by atomic mass is 32.2. The van der Waals surface area contributed by atoms with Gasteiger partial charge in [0.05, 0.1) is 38.7 Å². The van der Waals surface area contributed by atoms with E-state index >= 15 is 0 Å². The van der Waals surface area contributed by atoms with Crippen LogP contribution in [0.3, 0.4) is 0 Å². The number of fused-ring (bicyclic) bond motifs is 1. The number of carbonyl (C=O) groups is 2. The summed E-state index contributed by atoms with van der Waals surface area (Å²) in [4.78, 5) is 26.8. The van der Waals surface area contributed by atoms with E-state index < -0.39 is 15.9 Å². The molecule has 1 atom stereocenters. The van der Waals surface area contributed by atoms with Crippen molar-refractivity contribution < 1.29 is 32.2 Å². The van der Waals surface area contributed by atoms with Crippen LogP contribution >= 0.6 is 0 Å². The normalized spacial score (nSPS) is 17.9. The summed E-state index contributed by atoms with van der Waals surface area (Å²) in [5, 5.41) is 2.80. The molecule has 1 unspecified atom stereocenters. The van der Waals surface area contributed by atoms with Crippen LogP contribution in [0.15, 0.2) is 36.4 Å². The maximum atomic E-state index is 13.0. The molecule has 4 rings (SSSR count).